The molecule has 0 aromatic heterocycles. The molecule has 1 saturated heterocycles. The van der Waals surface area contributed by atoms with Crippen LogP contribution in [0.5, 0.6) is 0 Å². The zero-order valence-corrected chi connectivity index (χ0v) is 12.8. The van der Waals surface area contributed by atoms with Crippen molar-refractivity contribution in [3.8, 4) is 0 Å². The van der Waals surface area contributed by atoms with Crippen LogP contribution in [0.4, 0.5) is 4.79 Å². The average molecular weight is 267 g/mol. The Kier molecular flexibility index (Phi) is 4.75. The van der Waals surface area contributed by atoms with E-state index in [0.717, 1.165) is 25.3 Å². The minimum Gasteiger partial charge on any atom is -0.444 e. The molecular weight excluding hydrogens is 238 g/mol. The topological polar surface area (TPSA) is 29.5 Å². The van der Waals surface area contributed by atoms with Gasteiger partial charge in [-0.3, -0.25) is 0 Å². The molecule has 1 aliphatic carbocycles. The van der Waals surface area contributed by atoms with E-state index in [4.69, 9.17) is 4.74 Å². The normalized spacial score (nSPS) is 25.6. The monoisotopic (exact) mass is 267 g/mol. The number of nitrogens with zero attached hydrogens (tertiary/aromatic N) is 1. The molecular formula is C16H29NO2. The number of rotatable bonds is 2. The molecule has 1 saturated carbocycles. The molecule has 2 rings (SSSR count). The summed E-state index contributed by atoms with van der Waals surface area (Å²) in [5.74, 6) is 0.835. The molecule has 19 heavy (non-hydrogen) atoms. The lowest BCUT2D eigenvalue weighted by atomic mass is 9.84. The lowest BCUT2D eigenvalue weighted by molar-refractivity contribution is 0.0203. The maximum Gasteiger partial charge on any atom is 0.410 e. The Morgan fingerprint density at radius 1 is 1.11 bits per heavy atom. The van der Waals surface area contributed by atoms with Gasteiger partial charge in [-0.15, -0.1) is 0 Å². The van der Waals surface area contributed by atoms with Crippen LogP contribution < -0.4 is 0 Å². The van der Waals surface area contributed by atoms with Crippen molar-refractivity contribution in [3.05, 3.63) is 0 Å². The Morgan fingerprint density at radius 3 is 2.42 bits per heavy atom. The SMILES string of the molecule is CC(C)(C)OC(=O)N1CCCC1CC1CCCCC1. The largest absolute Gasteiger partial charge is 0.444 e. The Labute approximate surface area is 117 Å². The summed E-state index contributed by atoms with van der Waals surface area (Å²) in [7, 11) is 0. The quantitative estimate of drug-likeness (QED) is 0.744. The standard InChI is InChI=1S/C16H29NO2/c1-16(2,3)19-15(18)17-11-7-10-14(17)12-13-8-5-4-6-9-13/h13-14H,4-12H2,1-3H3. The zero-order valence-electron chi connectivity index (χ0n) is 12.8. The Balaban J connectivity index is 1.87. The highest BCUT2D eigenvalue weighted by atomic mass is 16.6. The van der Waals surface area contributed by atoms with Crippen LogP contribution in [0.15, 0.2) is 0 Å². The highest BCUT2D eigenvalue weighted by molar-refractivity contribution is 5.68. The van der Waals surface area contributed by atoms with E-state index in [1.54, 1.807) is 0 Å². The summed E-state index contributed by atoms with van der Waals surface area (Å²) in [6.45, 7) is 6.71. The average Bonchev–Trinajstić information content (AvgIpc) is 2.76. The first-order chi connectivity index (χ1) is 8.96. The number of carbonyl (C=O) groups excluding carboxylic acids is 1. The van der Waals surface area contributed by atoms with Gasteiger partial charge in [0.2, 0.25) is 0 Å². The Hall–Kier alpha value is -0.730. The van der Waals surface area contributed by atoms with Gasteiger partial charge in [0.05, 0.1) is 0 Å². The molecule has 1 atom stereocenters. The van der Waals surface area contributed by atoms with E-state index in [0.29, 0.717) is 6.04 Å². The fourth-order valence-corrected chi connectivity index (χ4v) is 3.45. The first kappa shape index (κ1) is 14.7. The van der Waals surface area contributed by atoms with Gasteiger partial charge in [0.25, 0.3) is 0 Å². The molecule has 2 aliphatic rings. The molecule has 0 radical (unpaired) electrons. The summed E-state index contributed by atoms with van der Waals surface area (Å²) in [5.41, 5.74) is -0.380. The first-order valence-electron chi connectivity index (χ1n) is 7.95. The minimum atomic E-state index is -0.380. The van der Waals surface area contributed by atoms with Crippen LogP contribution in [0.25, 0.3) is 0 Å². The number of hydrogen-bond acceptors (Lipinski definition) is 2. The Morgan fingerprint density at radius 2 is 1.79 bits per heavy atom. The molecule has 1 amide bonds. The second-order valence-electron chi connectivity index (χ2n) is 7.21. The lowest BCUT2D eigenvalue weighted by Crippen LogP contribution is -2.40. The fourth-order valence-electron chi connectivity index (χ4n) is 3.45. The van der Waals surface area contributed by atoms with Crippen LogP contribution >= 0.6 is 0 Å². The van der Waals surface area contributed by atoms with Crippen molar-refractivity contribution in [1.82, 2.24) is 4.90 Å². The predicted octanol–water partition coefficient (Wildman–Crippen LogP) is 4.36. The third-order valence-electron chi connectivity index (χ3n) is 4.34. The smallest absolute Gasteiger partial charge is 0.410 e. The molecule has 0 spiro atoms. The van der Waals surface area contributed by atoms with Gasteiger partial charge in [0, 0.05) is 12.6 Å². The van der Waals surface area contributed by atoms with Crippen molar-refractivity contribution in [2.24, 2.45) is 5.92 Å². The van der Waals surface area contributed by atoms with Crippen LogP contribution in [0.3, 0.4) is 0 Å². The van der Waals surface area contributed by atoms with Gasteiger partial charge in [0.15, 0.2) is 0 Å². The number of likely N-dealkylation sites (tertiary alicyclic amines) is 1. The highest BCUT2D eigenvalue weighted by Crippen LogP contribution is 2.32. The predicted molar refractivity (Wildman–Crippen MR) is 77.2 cm³/mol. The second kappa shape index (κ2) is 6.15. The van der Waals surface area contributed by atoms with Crippen molar-refractivity contribution in [1.29, 1.82) is 0 Å². The molecule has 1 unspecified atom stereocenters. The summed E-state index contributed by atoms with van der Waals surface area (Å²) < 4.78 is 5.53. The van der Waals surface area contributed by atoms with Crippen molar-refractivity contribution in [2.75, 3.05) is 6.54 Å². The molecule has 3 nitrogen and oxygen atoms in total. The lowest BCUT2D eigenvalue weighted by Gasteiger charge is -2.31. The summed E-state index contributed by atoms with van der Waals surface area (Å²) >= 11 is 0. The minimum absolute atomic E-state index is 0.106. The highest BCUT2D eigenvalue weighted by Gasteiger charge is 2.33. The molecule has 0 bridgehead atoms. The van der Waals surface area contributed by atoms with Crippen LogP contribution in [-0.4, -0.2) is 29.2 Å². The van der Waals surface area contributed by atoms with Gasteiger partial charge in [-0.2, -0.15) is 0 Å². The summed E-state index contributed by atoms with van der Waals surface area (Å²) in [6, 6.07) is 0.429. The van der Waals surface area contributed by atoms with Crippen molar-refractivity contribution >= 4 is 6.09 Å². The van der Waals surface area contributed by atoms with Crippen LogP contribution in [-0.2, 0) is 4.74 Å². The van der Waals surface area contributed by atoms with E-state index in [2.05, 4.69) is 0 Å². The molecule has 1 heterocycles. The molecule has 3 heteroatoms. The van der Waals surface area contributed by atoms with E-state index in [1.165, 1.54) is 38.5 Å². The Bertz CT molecular complexity index is 302. The molecule has 0 aromatic rings. The van der Waals surface area contributed by atoms with Crippen LogP contribution in [0.1, 0.15) is 72.1 Å². The molecule has 110 valence electrons. The summed E-state index contributed by atoms with van der Waals surface area (Å²) in [4.78, 5) is 14.2. The van der Waals surface area contributed by atoms with Crippen molar-refractivity contribution in [2.45, 2.75) is 83.8 Å². The van der Waals surface area contributed by atoms with Gasteiger partial charge in [-0.05, 0) is 46.0 Å². The van der Waals surface area contributed by atoms with Crippen LogP contribution in [0.2, 0.25) is 0 Å². The van der Waals surface area contributed by atoms with Gasteiger partial charge >= 0.3 is 6.09 Å². The van der Waals surface area contributed by atoms with E-state index in [9.17, 15) is 4.79 Å². The first-order valence-corrected chi connectivity index (χ1v) is 7.95. The summed E-state index contributed by atoms with van der Waals surface area (Å²) in [6.07, 6.45) is 10.3. The third-order valence-corrected chi connectivity index (χ3v) is 4.34. The number of carbonyl (C=O) groups is 1. The zero-order chi connectivity index (χ0) is 13.9. The molecule has 0 N–H and O–H groups in total. The van der Waals surface area contributed by atoms with Gasteiger partial charge in [0.1, 0.15) is 5.60 Å². The van der Waals surface area contributed by atoms with E-state index < -0.39 is 0 Å². The molecule has 1 aliphatic heterocycles. The van der Waals surface area contributed by atoms with Crippen molar-refractivity contribution < 1.29 is 9.53 Å². The number of amides is 1. The maximum atomic E-state index is 12.2. The molecule has 0 aromatic carbocycles. The van der Waals surface area contributed by atoms with Gasteiger partial charge < -0.3 is 9.64 Å². The molecule has 2 fully saturated rings. The van der Waals surface area contributed by atoms with Gasteiger partial charge in [-0.1, -0.05) is 32.1 Å². The van der Waals surface area contributed by atoms with Crippen LogP contribution in [0, 0.1) is 5.92 Å². The van der Waals surface area contributed by atoms with E-state index in [-0.39, 0.29) is 11.7 Å². The maximum absolute atomic E-state index is 12.2. The number of hydrogen-bond donors (Lipinski definition) is 0. The van der Waals surface area contributed by atoms with E-state index in [1.807, 2.05) is 25.7 Å². The fraction of sp³-hybridized carbons (Fsp3) is 0.938. The third kappa shape index (κ3) is 4.39. The van der Waals surface area contributed by atoms with E-state index >= 15 is 0 Å². The summed E-state index contributed by atoms with van der Waals surface area (Å²) in [5, 5.41) is 0. The second-order valence-corrected chi connectivity index (χ2v) is 7.21. The van der Waals surface area contributed by atoms with Crippen molar-refractivity contribution in [3.63, 3.8) is 0 Å². The number of ether oxygens (including phenoxy) is 1. The van der Waals surface area contributed by atoms with Gasteiger partial charge in [-0.25, -0.2) is 4.79 Å².